The van der Waals surface area contributed by atoms with Gasteiger partial charge in [-0.3, -0.25) is 0 Å². The summed E-state index contributed by atoms with van der Waals surface area (Å²) < 4.78 is 5.01. The monoisotopic (exact) mass is 253 g/mol. The number of rotatable bonds is 3. The zero-order valence-electron chi connectivity index (χ0n) is 9.02. The predicted molar refractivity (Wildman–Crippen MR) is 67.4 cm³/mol. The fourth-order valence-electron chi connectivity index (χ4n) is 1.48. The number of carbonyl (C=O) groups excluding carboxylic acids is 1. The minimum absolute atomic E-state index is 0.299. The smallest absolute Gasteiger partial charge is 0.340 e. The number of pyridine rings is 1. The summed E-state index contributed by atoms with van der Waals surface area (Å²) >= 11 is 3.12. The van der Waals surface area contributed by atoms with E-state index in [1.54, 1.807) is 36.2 Å². The second-order valence-electron chi connectivity index (χ2n) is 3.07. The molecule has 0 aromatic carbocycles. The van der Waals surface area contributed by atoms with Gasteiger partial charge in [-0.2, -0.15) is 0 Å². The van der Waals surface area contributed by atoms with Gasteiger partial charge in [0, 0.05) is 16.5 Å². The number of nitrogens with zero attached hydrogens (tertiary/aromatic N) is 1. The molecule has 84 valence electrons. The quantitative estimate of drug-likeness (QED) is 0.622. The van der Waals surface area contributed by atoms with Crippen molar-refractivity contribution in [1.82, 2.24) is 4.98 Å². The zero-order chi connectivity index (χ0) is 11.5. The topological polar surface area (TPSA) is 39.2 Å². The highest BCUT2D eigenvalue weighted by atomic mass is 32.2. The molecular formula is C11H11NO2S2. The molecule has 2 aromatic rings. The van der Waals surface area contributed by atoms with E-state index in [1.807, 2.05) is 17.7 Å². The molecule has 0 radical (unpaired) electrons. The molecule has 0 aliphatic rings. The second-order valence-corrected chi connectivity index (χ2v) is 4.78. The number of aromatic nitrogens is 1. The molecule has 0 unspecified atom stereocenters. The summed E-state index contributed by atoms with van der Waals surface area (Å²) in [6, 6.07) is 1.99. The Kier molecular flexibility index (Phi) is 3.46. The van der Waals surface area contributed by atoms with Crippen LogP contribution in [-0.2, 0) is 4.74 Å². The van der Waals surface area contributed by atoms with Gasteiger partial charge in [0.25, 0.3) is 0 Å². The Morgan fingerprint density at radius 2 is 2.44 bits per heavy atom. The van der Waals surface area contributed by atoms with Crippen LogP contribution in [0.2, 0.25) is 0 Å². The Bertz CT molecular complexity index is 522. The highest BCUT2D eigenvalue weighted by Gasteiger charge is 2.16. The van der Waals surface area contributed by atoms with Crippen molar-refractivity contribution in [3.63, 3.8) is 0 Å². The van der Waals surface area contributed by atoms with Crippen molar-refractivity contribution in [1.29, 1.82) is 0 Å². The van der Waals surface area contributed by atoms with E-state index < -0.39 is 0 Å². The molecule has 0 fully saturated rings. The standard InChI is InChI=1S/C11H11NO2S2/c1-3-14-11(13)8-6-12-10-7(4-5-16-10)9(8)15-2/h4-6H,3H2,1-2H3. The lowest BCUT2D eigenvalue weighted by Crippen LogP contribution is -2.06. The Labute approximate surface area is 102 Å². The van der Waals surface area contributed by atoms with E-state index in [0.717, 1.165) is 15.1 Å². The van der Waals surface area contributed by atoms with E-state index in [2.05, 4.69) is 4.98 Å². The van der Waals surface area contributed by atoms with Crippen LogP contribution in [-0.4, -0.2) is 23.8 Å². The first-order valence-corrected chi connectivity index (χ1v) is 6.95. The first-order chi connectivity index (χ1) is 7.77. The van der Waals surface area contributed by atoms with Crippen molar-refractivity contribution in [2.75, 3.05) is 12.9 Å². The summed E-state index contributed by atoms with van der Waals surface area (Å²) in [6.45, 7) is 2.18. The molecule has 0 N–H and O–H groups in total. The maximum Gasteiger partial charge on any atom is 0.340 e. The molecule has 5 heteroatoms. The van der Waals surface area contributed by atoms with E-state index in [0.29, 0.717) is 12.2 Å². The highest BCUT2D eigenvalue weighted by Crippen LogP contribution is 2.31. The minimum atomic E-state index is -0.299. The lowest BCUT2D eigenvalue weighted by atomic mass is 10.2. The van der Waals surface area contributed by atoms with Gasteiger partial charge in [-0.15, -0.1) is 23.1 Å². The van der Waals surface area contributed by atoms with Crippen LogP contribution < -0.4 is 0 Å². The van der Waals surface area contributed by atoms with E-state index in [-0.39, 0.29) is 5.97 Å². The summed E-state index contributed by atoms with van der Waals surface area (Å²) in [7, 11) is 0. The van der Waals surface area contributed by atoms with E-state index in [9.17, 15) is 4.79 Å². The number of thiophene rings is 1. The molecule has 0 aliphatic carbocycles. The van der Waals surface area contributed by atoms with Gasteiger partial charge in [-0.05, 0) is 24.6 Å². The van der Waals surface area contributed by atoms with Crippen LogP contribution in [0.3, 0.4) is 0 Å². The summed E-state index contributed by atoms with van der Waals surface area (Å²) in [5, 5.41) is 3.01. The third-order valence-electron chi connectivity index (χ3n) is 2.14. The molecule has 16 heavy (non-hydrogen) atoms. The van der Waals surface area contributed by atoms with Gasteiger partial charge in [0.2, 0.25) is 0 Å². The van der Waals surface area contributed by atoms with Gasteiger partial charge in [0.1, 0.15) is 4.83 Å². The van der Waals surface area contributed by atoms with Crippen molar-refractivity contribution in [3.05, 3.63) is 23.2 Å². The SMILES string of the molecule is CCOC(=O)c1cnc2sccc2c1SC. The van der Waals surface area contributed by atoms with Crippen LogP contribution in [0.25, 0.3) is 10.2 Å². The highest BCUT2D eigenvalue weighted by molar-refractivity contribution is 7.99. The average Bonchev–Trinajstić information content (AvgIpc) is 2.75. The van der Waals surface area contributed by atoms with Crippen LogP contribution >= 0.6 is 23.1 Å². The van der Waals surface area contributed by atoms with Crippen molar-refractivity contribution in [2.24, 2.45) is 0 Å². The molecule has 2 heterocycles. The molecule has 2 rings (SSSR count). The minimum Gasteiger partial charge on any atom is -0.462 e. The number of ether oxygens (including phenoxy) is 1. The number of carbonyl (C=O) groups is 1. The van der Waals surface area contributed by atoms with Crippen molar-refractivity contribution < 1.29 is 9.53 Å². The lowest BCUT2D eigenvalue weighted by molar-refractivity contribution is 0.0522. The van der Waals surface area contributed by atoms with Gasteiger partial charge in [-0.25, -0.2) is 9.78 Å². The number of thioether (sulfide) groups is 1. The summed E-state index contributed by atoms with van der Waals surface area (Å²) in [5.41, 5.74) is 0.556. The van der Waals surface area contributed by atoms with Crippen molar-refractivity contribution in [3.8, 4) is 0 Å². The molecule has 0 atom stereocenters. The van der Waals surface area contributed by atoms with E-state index >= 15 is 0 Å². The van der Waals surface area contributed by atoms with Crippen LogP contribution in [0.1, 0.15) is 17.3 Å². The summed E-state index contributed by atoms with van der Waals surface area (Å²) in [6.07, 6.45) is 3.55. The van der Waals surface area contributed by atoms with Crippen molar-refractivity contribution >= 4 is 39.3 Å². The second kappa shape index (κ2) is 4.84. The van der Waals surface area contributed by atoms with Gasteiger partial charge in [-0.1, -0.05) is 0 Å². The van der Waals surface area contributed by atoms with Gasteiger partial charge in [0.05, 0.1) is 12.2 Å². The average molecular weight is 253 g/mol. The molecule has 2 aromatic heterocycles. The number of hydrogen-bond acceptors (Lipinski definition) is 5. The normalized spacial score (nSPS) is 10.6. The fraction of sp³-hybridized carbons (Fsp3) is 0.273. The summed E-state index contributed by atoms with van der Waals surface area (Å²) in [4.78, 5) is 17.9. The van der Waals surface area contributed by atoms with Crippen LogP contribution in [0.5, 0.6) is 0 Å². The third kappa shape index (κ3) is 1.92. The van der Waals surface area contributed by atoms with E-state index in [4.69, 9.17) is 4.74 Å². The maximum absolute atomic E-state index is 11.7. The molecule has 0 saturated carbocycles. The van der Waals surface area contributed by atoms with Crippen LogP contribution in [0, 0.1) is 0 Å². The predicted octanol–water partition coefficient (Wildman–Crippen LogP) is 3.19. The van der Waals surface area contributed by atoms with Gasteiger partial charge in [0.15, 0.2) is 0 Å². The lowest BCUT2D eigenvalue weighted by Gasteiger charge is -2.07. The number of fused-ring (bicyclic) bond motifs is 1. The van der Waals surface area contributed by atoms with Gasteiger partial charge >= 0.3 is 5.97 Å². The molecular weight excluding hydrogens is 242 g/mol. The Morgan fingerprint density at radius 3 is 3.12 bits per heavy atom. The van der Waals surface area contributed by atoms with E-state index in [1.165, 1.54) is 0 Å². The largest absolute Gasteiger partial charge is 0.462 e. The maximum atomic E-state index is 11.7. The molecule has 0 amide bonds. The van der Waals surface area contributed by atoms with Crippen molar-refractivity contribution in [2.45, 2.75) is 11.8 Å². The Balaban J connectivity index is 2.56. The van der Waals surface area contributed by atoms with Gasteiger partial charge < -0.3 is 4.74 Å². The summed E-state index contributed by atoms with van der Waals surface area (Å²) in [5.74, 6) is -0.299. The Morgan fingerprint density at radius 1 is 1.62 bits per heavy atom. The fourth-order valence-corrected chi connectivity index (χ4v) is 3.02. The molecule has 0 bridgehead atoms. The third-order valence-corrected chi connectivity index (χ3v) is 3.81. The molecule has 0 aliphatic heterocycles. The first kappa shape index (κ1) is 11.4. The molecule has 0 saturated heterocycles. The molecule has 0 spiro atoms. The first-order valence-electron chi connectivity index (χ1n) is 4.85. The number of esters is 1. The molecule has 3 nitrogen and oxygen atoms in total. The zero-order valence-corrected chi connectivity index (χ0v) is 10.7. The van der Waals surface area contributed by atoms with Crippen LogP contribution in [0.15, 0.2) is 22.5 Å². The van der Waals surface area contributed by atoms with Crippen LogP contribution in [0.4, 0.5) is 0 Å². The Hall–Kier alpha value is -1.07. The number of hydrogen-bond donors (Lipinski definition) is 0.